The molecule has 0 saturated carbocycles. The van der Waals surface area contributed by atoms with Crippen LogP contribution in [0.2, 0.25) is 5.02 Å². The summed E-state index contributed by atoms with van der Waals surface area (Å²) in [6.45, 7) is 10.0. The zero-order valence-electron chi connectivity index (χ0n) is 37.5. The number of fused-ring (bicyclic) bond motifs is 2. The monoisotopic (exact) mass is 926 g/mol. The van der Waals surface area contributed by atoms with Gasteiger partial charge in [-0.05, 0) is 74.7 Å². The molecule has 1 aromatic heterocycles. The number of unbranched alkanes of at least 4 members (excludes halogenated alkanes) is 8. The number of piperidine rings is 1. The van der Waals surface area contributed by atoms with Gasteiger partial charge in [0, 0.05) is 75.1 Å². The predicted octanol–water partition coefficient (Wildman–Crippen LogP) is 7.38. The first-order valence-corrected chi connectivity index (χ1v) is 24.0. The van der Waals surface area contributed by atoms with Crippen LogP contribution in [0.4, 0.5) is 21.6 Å². The van der Waals surface area contributed by atoms with Crippen LogP contribution in [0, 0.1) is 5.82 Å². The van der Waals surface area contributed by atoms with Crippen molar-refractivity contribution >= 4 is 63.3 Å². The third-order valence-electron chi connectivity index (χ3n) is 12.9. The van der Waals surface area contributed by atoms with E-state index in [0.29, 0.717) is 52.9 Å². The van der Waals surface area contributed by atoms with Gasteiger partial charge in [-0.2, -0.15) is 0 Å². The number of halogens is 2. The number of anilines is 3. The van der Waals surface area contributed by atoms with Gasteiger partial charge in [0.15, 0.2) is 11.5 Å². The molecule has 352 valence electrons. The predicted molar refractivity (Wildman–Crippen MR) is 250 cm³/mol. The summed E-state index contributed by atoms with van der Waals surface area (Å²) in [4.78, 5) is 67.6. The molecule has 15 nitrogen and oxygen atoms in total. The molecule has 3 aromatic carbocycles. The number of nitrogens with zero attached hydrogens (tertiary/aromatic N) is 6. The number of hydrogen-bond donors (Lipinski definition) is 2. The van der Waals surface area contributed by atoms with E-state index >= 15 is 0 Å². The number of imide groups is 2. The van der Waals surface area contributed by atoms with Crippen LogP contribution in [0.3, 0.4) is 0 Å². The highest BCUT2D eigenvalue weighted by Crippen LogP contribution is 2.36. The Kier molecular flexibility index (Phi) is 16.3. The lowest BCUT2D eigenvalue weighted by Crippen LogP contribution is -2.54. The highest BCUT2D eigenvalue weighted by atomic mass is 35.5. The molecule has 4 aliphatic heterocycles. The summed E-state index contributed by atoms with van der Waals surface area (Å²) >= 11 is 6.04. The molecule has 8 rings (SSSR count). The van der Waals surface area contributed by atoms with Crippen molar-refractivity contribution in [2.45, 2.75) is 83.1 Å². The standard InChI is InChI=1S/C49H60ClFN8O7/c50-39-29-34(11-14-40(39)51)54-46-38-31-43(66-26-10-18-57-23-27-64-28-24-57)44(32-41(38)52-33-53-46)65-25-9-7-5-3-1-2-4-6-8-17-56-19-21-58(22-20-56)35-12-13-36-37(30-35)49(63)59(48(36)62)42-15-16-45(60)55-47(42)61/h11-14,29-33,42H,1-10,15-28H2,(H,52,53,54)(H,55,60,61). The van der Waals surface area contributed by atoms with E-state index in [1.165, 1.54) is 63.4 Å². The van der Waals surface area contributed by atoms with E-state index in [4.69, 9.17) is 25.8 Å². The van der Waals surface area contributed by atoms with Crippen molar-refractivity contribution in [2.24, 2.45) is 0 Å². The molecular formula is C49H60ClFN8O7. The number of piperazine rings is 1. The van der Waals surface area contributed by atoms with Gasteiger partial charge in [0.2, 0.25) is 11.8 Å². The van der Waals surface area contributed by atoms with Crippen LogP contribution in [-0.2, 0) is 14.3 Å². The molecule has 5 heterocycles. The van der Waals surface area contributed by atoms with Gasteiger partial charge in [0.25, 0.3) is 11.8 Å². The fourth-order valence-corrected chi connectivity index (χ4v) is 9.32. The van der Waals surface area contributed by atoms with Gasteiger partial charge in [-0.15, -0.1) is 0 Å². The summed E-state index contributed by atoms with van der Waals surface area (Å²) in [5, 5.41) is 6.28. The number of ether oxygens (including phenoxy) is 3. The summed E-state index contributed by atoms with van der Waals surface area (Å²) in [6.07, 6.45) is 13.1. The zero-order valence-corrected chi connectivity index (χ0v) is 38.3. The normalized spacial score (nSPS) is 18.2. The minimum atomic E-state index is -0.963. The van der Waals surface area contributed by atoms with Gasteiger partial charge in [-0.3, -0.25) is 39.2 Å². The Morgan fingerprint density at radius 2 is 1.39 bits per heavy atom. The van der Waals surface area contributed by atoms with Crippen molar-refractivity contribution in [3.8, 4) is 11.5 Å². The maximum Gasteiger partial charge on any atom is 0.262 e. The van der Waals surface area contributed by atoms with Crippen molar-refractivity contribution in [1.82, 2.24) is 30.0 Å². The fourth-order valence-electron chi connectivity index (χ4n) is 9.14. The molecule has 1 atom stereocenters. The van der Waals surface area contributed by atoms with Gasteiger partial charge < -0.3 is 24.4 Å². The Bertz CT molecular complexity index is 2360. The molecule has 0 aliphatic carbocycles. The van der Waals surface area contributed by atoms with Crippen LogP contribution in [0.25, 0.3) is 10.9 Å². The van der Waals surface area contributed by atoms with E-state index in [0.717, 1.165) is 101 Å². The molecule has 3 fully saturated rings. The van der Waals surface area contributed by atoms with Crippen molar-refractivity contribution < 1.29 is 37.8 Å². The minimum Gasteiger partial charge on any atom is -0.490 e. The topological polar surface area (TPSA) is 159 Å². The number of carbonyl (C=O) groups is 4. The molecule has 0 radical (unpaired) electrons. The van der Waals surface area contributed by atoms with Crippen molar-refractivity contribution in [3.05, 3.63) is 76.8 Å². The number of amides is 4. The van der Waals surface area contributed by atoms with Crippen LogP contribution in [0.1, 0.15) is 97.8 Å². The number of carbonyl (C=O) groups excluding carboxylic acids is 4. The summed E-state index contributed by atoms with van der Waals surface area (Å²) in [5.41, 5.74) is 2.84. The van der Waals surface area contributed by atoms with Gasteiger partial charge in [0.05, 0.1) is 48.1 Å². The molecule has 0 spiro atoms. The molecule has 3 saturated heterocycles. The summed E-state index contributed by atoms with van der Waals surface area (Å²) in [5.74, 6) is -0.579. The number of benzene rings is 3. The summed E-state index contributed by atoms with van der Waals surface area (Å²) < 4.78 is 32.0. The van der Waals surface area contributed by atoms with E-state index in [9.17, 15) is 23.6 Å². The number of aromatic nitrogens is 2. The second-order valence-electron chi connectivity index (χ2n) is 17.5. The first-order valence-electron chi connectivity index (χ1n) is 23.6. The minimum absolute atomic E-state index is 0.0247. The maximum absolute atomic E-state index is 13.8. The number of nitrogens with one attached hydrogen (secondary N) is 2. The van der Waals surface area contributed by atoms with Gasteiger partial charge in [-0.25, -0.2) is 14.4 Å². The highest BCUT2D eigenvalue weighted by Gasteiger charge is 2.44. The molecule has 2 N–H and O–H groups in total. The van der Waals surface area contributed by atoms with E-state index in [2.05, 4.69) is 35.3 Å². The number of morpholine rings is 1. The second-order valence-corrected chi connectivity index (χ2v) is 17.9. The number of rotatable bonds is 22. The van der Waals surface area contributed by atoms with E-state index in [-0.39, 0.29) is 23.8 Å². The molecule has 4 aliphatic rings. The first-order chi connectivity index (χ1) is 32.2. The van der Waals surface area contributed by atoms with Crippen LogP contribution in [0.5, 0.6) is 11.5 Å². The molecule has 4 amide bonds. The lowest BCUT2D eigenvalue weighted by Gasteiger charge is -2.36. The van der Waals surface area contributed by atoms with Gasteiger partial charge in [-0.1, -0.05) is 56.5 Å². The van der Waals surface area contributed by atoms with Crippen molar-refractivity contribution in [3.63, 3.8) is 0 Å². The third kappa shape index (κ3) is 11.9. The molecular weight excluding hydrogens is 867 g/mol. The molecule has 17 heteroatoms. The quantitative estimate of drug-likeness (QED) is 0.0595. The fraction of sp³-hybridized carbons (Fsp3) is 0.510. The smallest absolute Gasteiger partial charge is 0.262 e. The lowest BCUT2D eigenvalue weighted by atomic mass is 10.0. The average molecular weight is 928 g/mol. The van der Waals surface area contributed by atoms with Crippen molar-refractivity contribution in [2.75, 3.05) is 89.0 Å². The van der Waals surface area contributed by atoms with Crippen LogP contribution < -0.4 is 25.0 Å². The molecule has 66 heavy (non-hydrogen) atoms. The third-order valence-corrected chi connectivity index (χ3v) is 13.2. The zero-order chi connectivity index (χ0) is 45.8. The van der Waals surface area contributed by atoms with Gasteiger partial charge in [0.1, 0.15) is 24.0 Å². The van der Waals surface area contributed by atoms with Crippen LogP contribution in [0.15, 0.2) is 54.9 Å². The first kappa shape index (κ1) is 47.1. The summed E-state index contributed by atoms with van der Waals surface area (Å²) in [7, 11) is 0. The Morgan fingerprint density at radius 1 is 0.727 bits per heavy atom. The van der Waals surface area contributed by atoms with Crippen molar-refractivity contribution in [1.29, 1.82) is 0 Å². The van der Waals surface area contributed by atoms with E-state index in [1.807, 2.05) is 18.2 Å². The maximum atomic E-state index is 13.8. The number of hydrogen-bond acceptors (Lipinski definition) is 13. The molecule has 0 bridgehead atoms. The van der Waals surface area contributed by atoms with E-state index < -0.39 is 29.6 Å². The van der Waals surface area contributed by atoms with Gasteiger partial charge >= 0.3 is 0 Å². The molecule has 1 unspecified atom stereocenters. The van der Waals surface area contributed by atoms with Crippen LogP contribution in [-0.4, -0.2) is 133 Å². The Hall–Kier alpha value is -5.42. The largest absolute Gasteiger partial charge is 0.490 e. The Labute approximate surface area is 390 Å². The Balaban J connectivity index is 0.711. The second kappa shape index (κ2) is 22.9. The SMILES string of the molecule is O=C1CCC(N2C(=O)c3ccc(N4CCN(CCCCCCCCCCCOc5cc6ncnc(Nc7ccc(F)c(Cl)c7)c6cc5OCCCN5CCOCC5)CC4)cc3C2=O)C(=O)N1. The lowest BCUT2D eigenvalue weighted by molar-refractivity contribution is -0.136. The average Bonchev–Trinajstić information content (AvgIpc) is 3.57. The summed E-state index contributed by atoms with van der Waals surface area (Å²) in [6, 6.07) is 12.7. The van der Waals surface area contributed by atoms with E-state index in [1.54, 1.807) is 18.2 Å². The molecule has 4 aromatic rings. The van der Waals surface area contributed by atoms with Crippen LogP contribution >= 0.6 is 11.6 Å². The highest BCUT2D eigenvalue weighted by molar-refractivity contribution is 6.31. The Morgan fingerprint density at radius 3 is 2.14 bits per heavy atom.